The Morgan fingerprint density at radius 3 is 2.10 bits per heavy atom. The van der Waals surface area contributed by atoms with Gasteiger partial charge in [0.05, 0.1) is 12.1 Å². The van der Waals surface area contributed by atoms with E-state index in [1.165, 1.54) is 30.4 Å². The zero-order chi connectivity index (χ0) is 23.4. The van der Waals surface area contributed by atoms with Crippen molar-refractivity contribution >= 4 is 47.2 Å². The van der Waals surface area contributed by atoms with Crippen molar-refractivity contribution in [1.29, 1.82) is 0 Å². The molecule has 1 rings (SSSR count). The van der Waals surface area contributed by atoms with E-state index in [0.717, 1.165) is 13.0 Å². The van der Waals surface area contributed by atoms with E-state index < -0.39 is 42.0 Å². The second-order valence-electron chi connectivity index (χ2n) is 7.40. The van der Waals surface area contributed by atoms with Crippen LogP contribution in [0.15, 0.2) is 0 Å². The molecule has 1 aliphatic heterocycles. The zero-order valence-electron chi connectivity index (χ0n) is 18.2. The monoisotopic (exact) mass is 478 g/mol. The van der Waals surface area contributed by atoms with Crippen molar-refractivity contribution in [2.45, 2.75) is 62.9 Å². The van der Waals surface area contributed by atoms with Crippen molar-refractivity contribution in [2.75, 3.05) is 30.6 Å². The van der Waals surface area contributed by atoms with Crippen LogP contribution in [0.5, 0.6) is 0 Å². The maximum Gasteiger partial charge on any atom is 0.326 e. The first kappa shape index (κ1) is 27.5. The molecule has 10 nitrogen and oxygen atoms in total. The molecule has 0 saturated carbocycles. The Bertz CT molecular complexity index is 616. The molecule has 6 N–H and O–H groups in total. The number of hydrogen-bond donors (Lipinski definition) is 6. The highest BCUT2D eigenvalue weighted by molar-refractivity contribution is 7.98. The van der Waals surface area contributed by atoms with E-state index in [1.807, 2.05) is 12.5 Å². The highest BCUT2D eigenvalue weighted by Crippen LogP contribution is 2.08. The van der Waals surface area contributed by atoms with E-state index in [0.29, 0.717) is 24.3 Å². The average Bonchev–Trinajstić information content (AvgIpc) is 3.26. The molecule has 0 aliphatic carbocycles. The topological polar surface area (TPSA) is 157 Å². The second kappa shape index (κ2) is 14.5. The number of amides is 3. The largest absolute Gasteiger partial charge is 0.480 e. The van der Waals surface area contributed by atoms with Crippen LogP contribution in [-0.4, -0.2) is 94.7 Å². The Hall–Kier alpha value is -1.50. The molecule has 1 fully saturated rings. The molecule has 1 heterocycles. The number of aliphatic hydroxyl groups excluding tert-OH is 1. The molecule has 178 valence electrons. The quantitative estimate of drug-likeness (QED) is 0.187. The van der Waals surface area contributed by atoms with Gasteiger partial charge in [0.25, 0.3) is 0 Å². The summed E-state index contributed by atoms with van der Waals surface area (Å²) >= 11 is 2.96. The van der Waals surface area contributed by atoms with Gasteiger partial charge in [0.1, 0.15) is 18.1 Å². The zero-order valence-corrected chi connectivity index (χ0v) is 19.8. The minimum absolute atomic E-state index is 0.212. The molecule has 0 radical (unpaired) electrons. The molecular weight excluding hydrogens is 444 g/mol. The number of aliphatic carboxylic acids is 1. The third-order valence-corrected chi connectivity index (χ3v) is 6.20. The molecule has 31 heavy (non-hydrogen) atoms. The second-order valence-corrected chi connectivity index (χ2v) is 9.37. The van der Waals surface area contributed by atoms with Gasteiger partial charge in [-0.15, -0.1) is 0 Å². The Morgan fingerprint density at radius 1 is 1.00 bits per heavy atom. The lowest BCUT2D eigenvalue weighted by molar-refractivity contribution is -0.143. The van der Waals surface area contributed by atoms with Gasteiger partial charge in [-0.05, 0) is 63.2 Å². The fraction of sp³-hybridized carbons (Fsp3) is 0.789. The standard InChI is InChI=1S/C19H34N4O6S2/c1-11(24)15(18(27)22-14(19(28)29)7-10-31-3)23-17(26)13(6-9-30-2)21-16(25)12-5-4-8-20-12/h11-15,20,24H,4-10H2,1-3H3,(H,21,25)(H,22,27)(H,23,26)(H,28,29). The summed E-state index contributed by atoms with van der Waals surface area (Å²) in [6.07, 6.45) is 4.58. The summed E-state index contributed by atoms with van der Waals surface area (Å²) in [5.41, 5.74) is 0. The number of aliphatic hydroxyl groups is 1. The van der Waals surface area contributed by atoms with Gasteiger partial charge < -0.3 is 31.5 Å². The van der Waals surface area contributed by atoms with E-state index in [4.69, 9.17) is 0 Å². The van der Waals surface area contributed by atoms with Crippen LogP contribution in [0, 0.1) is 0 Å². The van der Waals surface area contributed by atoms with Crippen LogP contribution in [0.1, 0.15) is 32.6 Å². The molecule has 0 bridgehead atoms. The lowest BCUT2D eigenvalue weighted by atomic mass is 10.1. The Morgan fingerprint density at radius 2 is 1.61 bits per heavy atom. The number of thioether (sulfide) groups is 2. The molecular formula is C19H34N4O6S2. The van der Waals surface area contributed by atoms with Crippen LogP contribution in [0.25, 0.3) is 0 Å². The maximum absolute atomic E-state index is 12.8. The van der Waals surface area contributed by atoms with Crippen LogP contribution in [-0.2, 0) is 19.2 Å². The highest BCUT2D eigenvalue weighted by atomic mass is 32.2. The van der Waals surface area contributed by atoms with Crippen molar-refractivity contribution in [3.63, 3.8) is 0 Å². The molecule has 0 aromatic heterocycles. The van der Waals surface area contributed by atoms with Crippen LogP contribution < -0.4 is 21.3 Å². The number of carbonyl (C=O) groups is 4. The molecule has 5 unspecified atom stereocenters. The summed E-state index contributed by atoms with van der Waals surface area (Å²) in [6, 6.07) is -3.70. The molecule has 0 aromatic rings. The minimum Gasteiger partial charge on any atom is -0.480 e. The third-order valence-electron chi connectivity index (χ3n) is 4.91. The van der Waals surface area contributed by atoms with Gasteiger partial charge in [0.15, 0.2) is 0 Å². The smallest absolute Gasteiger partial charge is 0.326 e. The van der Waals surface area contributed by atoms with Crippen LogP contribution >= 0.6 is 23.5 Å². The van der Waals surface area contributed by atoms with Crippen LogP contribution in [0.3, 0.4) is 0 Å². The molecule has 0 spiro atoms. The summed E-state index contributed by atoms with van der Waals surface area (Å²) in [5.74, 6) is -1.72. The van der Waals surface area contributed by atoms with Gasteiger partial charge in [-0.2, -0.15) is 23.5 Å². The Labute approximate surface area is 191 Å². The number of carboxylic acid groups (broad SMARTS) is 1. The summed E-state index contributed by atoms with van der Waals surface area (Å²) in [4.78, 5) is 49.3. The van der Waals surface area contributed by atoms with Gasteiger partial charge in [-0.3, -0.25) is 14.4 Å². The SMILES string of the molecule is CSCCC(NC(=O)C(NC(=O)C(CCSC)NC(=O)C1CCCN1)C(C)O)C(=O)O. The van der Waals surface area contributed by atoms with Gasteiger partial charge in [-0.25, -0.2) is 4.79 Å². The first-order valence-corrected chi connectivity index (χ1v) is 13.0. The summed E-state index contributed by atoms with van der Waals surface area (Å²) in [7, 11) is 0. The molecule has 1 aliphatic rings. The minimum atomic E-state index is -1.35. The third kappa shape index (κ3) is 9.67. The van der Waals surface area contributed by atoms with Crippen molar-refractivity contribution < 1.29 is 29.4 Å². The first-order valence-electron chi connectivity index (χ1n) is 10.2. The van der Waals surface area contributed by atoms with E-state index in [1.54, 1.807) is 0 Å². The van der Waals surface area contributed by atoms with Crippen molar-refractivity contribution in [3.05, 3.63) is 0 Å². The van der Waals surface area contributed by atoms with Crippen molar-refractivity contribution in [1.82, 2.24) is 21.3 Å². The van der Waals surface area contributed by atoms with Gasteiger partial charge >= 0.3 is 5.97 Å². The number of nitrogens with one attached hydrogen (secondary N) is 4. The van der Waals surface area contributed by atoms with E-state index in [9.17, 15) is 29.4 Å². The van der Waals surface area contributed by atoms with E-state index in [2.05, 4.69) is 21.3 Å². The van der Waals surface area contributed by atoms with Crippen LogP contribution in [0.4, 0.5) is 0 Å². The Kier molecular flexibility index (Phi) is 12.9. The fourth-order valence-electron chi connectivity index (χ4n) is 3.10. The van der Waals surface area contributed by atoms with Crippen molar-refractivity contribution in [3.8, 4) is 0 Å². The number of hydrogen-bond acceptors (Lipinski definition) is 8. The summed E-state index contributed by atoms with van der Waals surface area (Å²) < 4.78 is 0. The summed E-state index contributed by atoms with van der Waals surface area (Å²) in [5, 5.41) is 30.0. The van der Waals surface area contributed by atoms with E-state index in [-0.39, 0.29) is 18.4 Å². The number of carboxylic acids is 1. The lowest BCUT2D eigenvalue weighted by Gasteiger charge is -2.26. The Balaban J connectivity index is 2.82. The predicted molar refractivity (Wildman–Crippen MR) is 122 cm³/mol. The first-order chi connectivity index (χ1) is 14.7. The molecule has 5 atom stereocenters. The molecule has 3 amide bonds. The van der Waals surface area contributed by atoms with Crippen molar-refractivity contribution in [2.24, 2.45) is 0 Å². The lowest BCUT2D eigenvalue weighted by Crippen LogP contribution is -2.59. The van der Waals surface area contributed by atoms with Gasteiger partial charge in [0, 0.05) is 0 Å². The average molecular weight is 479 g/mol. The number of rotatable bonds is 14. The molecule has 0 aromatic carbocycles. The van der Waals surface area contributed by atoms with E-state index >= 15 is 0 Å². The maximum atomic E-state index is 12.8. The highest BCUT2D eigenvalue weighted by Gasteiger charge is 2.33. The molecule has 12 heteroatoms. The van der Waals surface area contributed by atoms with Gasteiger partial charge in [0.2, 0.25) is 17.7 Å². The van der Waals surface area contributed by atoms with Crippen LogP contribution in [0.2, 0.25) is 0 Å². The molecule has 1 saturated heterocycles. The predicted octanol–water partition coefficient (Wildman–Crippen LogP) is -0.836. The normalized spacial score (nSPS) is 19.7. The van der Waals surface area contributed by atoms with Gasteiger partial charge in [-0.1, -0.05) is 0 Å². The fourth-order valence-corrected chi connectivity index (χ4v) is 4.04. The summed E-state index contributed by atoms with van der Waals surface area (Å²) in [6.45, 7) is 2.07. The number of carbonyl (C=O) groups excluding carboxylic acids is 3.